The van der Waals surface area contributed by atoms with Gasteiger partial charge in [0.05, 0.1) is 6.26 Å². The van der Waals surface area contributed by atoms with Crippen LogP contribution in [0, 0.1) is 6.92 Å². The molecule has 2 heterocycles. The summed E-state index contributed by atoms with van der Waals surface area (Å²) in [6, 6.07) is 1.76. The molecule has 0 amide bonds. The normalized spacial score (nSPS) is 10.6. The van der Waals surface area contributed by atoms with Gasteiger partial charge >= 0.3 is 0 Å². The van der Waals surface area contributed by atoms with Crippen LogP contribution < -0.4 is 5.73 Å². The smallest absolute Gasteiger partial charge is 0.194 e. The molecule has 0 aromatic carbocycles. The van der Waals surface area contributed by atoms with Gasteiger partial charge in [0.2, 0.25) is 0 Å². The van der Waals surface area contributed by atoms with E-state index in [9.17, 15) is 0 Å². The second-order valence-electron chi connectivity index (χ2n) is 2.29. The molecule has 0 aliphatic carbocycles. The van der Waals surface area contributed by atoms with Gasteiger partial charge < -0.3 is 10.2 Å². The highest BCUT2D eigenvalue weighted by molar-refractivity contribution is 5.81. The zero-order valence-electron chi connectivity index (χ0n) is 6.03. The van der Waals surface area contributed by atoms with E-state index in [0.29, 0.717) is 17.2 Å². The van der Waals surface area contributed by atoms with Crippen LogP contribution in [0.25, 0.3) is 11.1 Å². The van der Waals surface area contributed by atoms with Crippen molar-refractivity contribution in [2.24, 2.45) is 0 Å². The van der Waals surface area contributed by atoms with Crippen LogP contribution in [0.3, 0.4) is 0 Å². The Kier molecular flexibility index (Phi) is 1.09. The monoisotopic (exact) mass is 149 g/mol. The number of furan rings is 1. The van der Waals surface area contributed by atoms with Gasteiger partial charge in [0, 0.05) is 6.07 Å². The van der Waals surface area contributed by atoms with Gasteiger partial charge in [-0.05, 0) is 6.92 Å². The van der Waals surface area contributed by atoms with Crippen LogP contribution in [0.15, 0.2) is 16.7 Å². The van der Waals surface area contributed by atoms with E-state index >= 15 is 0 Å². The van der Waals surface area contributed by atoms with Crippen molar-refractivity contribution in [1.29, 1.82) is 0 Å². The lowest BCUT2D eigenvalue weighted by Crippen LogP contribution is -1.94. The van der Waals surface area contributed by atoms with E-state index in [0.717, 1.165) is 5.52 Å². The third-order valence-electron chi connectivity index (χ3n) is 1.44. The number of fused-ring (bicyclic) bond motifs is 1. The number of nitrogen functional groups attached to an aromatic ring is 1. The van der Waals surface area contributed by atoms with Crippen molar-refractivity contribution in [3.63, 3.8) is 0 Å². The highest BCUT2D eigenvalue weighted by atomic mass is 16.3. The van der Waals surface area contributed by atoms with Gasteiger partial charge in [0.15, 0.2) is 11.4 Å². The molecule has 0 saturated heterocycles. The molecule has 0 aliphatic rings. The Morgan fingerprint density at radius 2 is 2.27 bits per heavy atom. The van der Waals surface area contributed by atoms with Crippen molar-refractivity contribution >= 4 is 16.9 Å². The SMILES string of the molecule is Cc1nc(N)c2occc2n1. The summed E-state index contributed by atoms with van der Waals surface area (Å²) < 4.78 is 5.05. The number of nitrogens with two attached hydrogens (primary N) is 1. The number of hydrogen-bond donors (Lipinski definition) is 1. The van der Waals surface area contributed by atoms with E-state index in [1.165, 1.54) is 0 Å². The maximum atomic E-state index is 5.56. The lowest BCUT2D eigenvalue weighted by atomic mass is 10.4. The molecule has 2 rings (SSSR count). The Morgan fingerprint density at radius 3 is 3.09 bits per heavy atom. The van der Waals surface area contributed by atoms with Gasteiger partial charge in [0.25, 0.3) is 0 Å². The van der Waals surface area contributed by atoms with Crippen LogP contribution in [0.1, 0.15) is 5.82 Å². The molecule has 2 aromatic heterocycles. The molecule has 0 fully saturated rings. The molecule has 0 spiro atoms. The zero-order valence-corrected chi connectivity index (χ0v) is 6.03. The highest BCUT2D eigenvalue weighted by Crippen LogP contribution is 2.17. The number of nitrogens with zero attached hydrogens (tertiary/aromatic N) is 2. The summed E-state index contributed by atoms with van der Waals surface area (Å²) in [6.07, 6.45) is 1.55. The summed E-state index contributed by atoms with van der Waals surface area (Å²) in [5.41, 5.74) is 6.88. The van der Waals surface area contributed by atoms with Gasteiger partial charge in [0.1, 0.15) is 11.3 Å². The first-order valence-electron chi connectivity index (χ1n) is 3.24. The molecular weight excluding hydrogens is 142 g/mol. The fraction of sp³-hybridized carbons (Fsp3) is 0.143. The molecule has 4 heteroatoms. The Morgan fingerprint density at radius 1 is 1.45 bits per heavy atom. The summed E-state index contributed by atoms with van der Waals surface area (Å²) >= 11 is 0. The molecule has 2 aromatic rings. The summed E-state index contributed by atoms with van der Waals surface area (Å²) in [6.45, 7) is 1.79. The molecule has 0 radical (unpaired) electrons. The predicted octanol–water partition coefficient (Wildman–Crippen LogP) is 1.11. The molecule has 0 saturated carbocycles. The van der Waals surface area contributed by atoms with Crippen LogP contribution in [0.4, 0.5) is 5.82 Å². The van der Waals surface area contributed by atoms with Crippen molar-refractivity contribution in [2.75, 3.05) is 5.73 Å². The zero-order chi connectivity index (χ0) is 7.84. The van der Waals surface area contributed by atoms with E-state index in [4.69, 9.17) is 10.2 Å². The van der Waals surface area contributed by atoms with Crippen LogP contribution in [0.2, 0.25) is 0 Å². The van der Waals surface area contributed by atoms with Crippen molar-refractivity contribution in [1.82, 2.24) is 9.97 Å². The lowest BCUT2D eigenvalue weighted by Gasteiger charge is -1.94. The minimum absolute atomic E-state index is 0.400. The van der Waals surface area contributed by atoms with Crippen LogP contribution >= 0.6 is 0 Å². The first-order chi connectivity index (χ1) is 5.27. The minimum Gasteiger partial charge on any atom is -0.459 e. The number of hydrogen-bond acceptors (Lipinski definition) is 4. The second kappa shape index (κ2) is 1.95. The van der Waals surface area contributed by atoms with Crippen molar-refractivity contribution < 1.29 is 4.42 Å². The van der Waals surface area contributed by atoms with Crippen molar-refractivity contribution in [3.05, 3.63) is 18.2 Å². The van der Waals surface area contributed by atoms with E-state index in [-0.39, 0.29) is 0 Å². The Hall–Kier alpha value is -1.58. The lowest BCUT2D eigenvalue weighted by molar-refractivity contribution is 0.615. The summed E-state index contributed by atoms with van der Waals surface area (Å²) in [7, 11) is 0. The Balaban J connectivity index is 2.91. The van der Waals surface area contributed by atoms with Gasteiger partial charge in [-0.2, -0.15) is 0 Å². The number of rotatable bonds is 0. The van der Waals surface area contributed by atoms with Crippen LogP contribution in [0.5, 0.6) is 0 Å². The molecule has 56 valence electrons. The molecule has 11 heavy (non-hydrogen) atoms. The average Bonchev–Trinajstić information content (AvgIpc) is 2.34. The van der Waals surface area contributed by atoms with Crippen molar-refractivity contribution in [3.8, 4) is 0 Å². The largest absolute Gasteiger partial charge is 0.459 e. The molecule has 0 aliphatic heterocycles. The standard InChI is InChI=1S/C7H7N3O/c1-4-9-5-2-3-11-6(5)7(8)10-4/h2-3H,1H3,(H2,8,9,10). The van der Waals surface area contributed by atoms with Gasteiger partial charge in [-0.25, -0.2) is 9.97 Å². The van der Waals surface area contributed by atoms with Crippen molar-refractivity contribution in [2.45, 2.75) is 6.92 Å². The minimum atomic E-state index is 0.400. The maximum Gasteiger partial charge on any atom is 0.194 e. The first-order valence-corrected chi connectivity index (χ1v) is 3.24. The molecule has 2 N–H and O–H groups in total. The summed E-state index contributed by atoms with van der Waals surface area (Å²) in [5.74, 6) is 1.06. The Bertz CT molecular complexity index is 393. The quantitative estimate of drug-likeness (QED) is 0.609. The first kappa shape index (κ1) is 6.15. The second-order valence-corrected chi connectivity index (χ2v) is 2.29. The predicted molar refractivity (Wildman–Crippen MR) is 41.0 cm³/mol. The molecular formula is C7H7N3O. The van der Waals surface area contributed by atoms with E-state index < -0.39 is 0 Å². The van der Waals surface area contributed by atoms with Crippen LogP contribution in [-0.4, -0.2) is 9.97 Å². The number of anilines is 1. The Labute approximate surface area is 63.1 Å². The third kappa shape index (κ3) is 0.832. The van der Waals surface area contributed by atoms with E-state index in [2.05, 4.69) is 9.97 Å². The van der Waals surface area contributed by atoms with Gasteiger partial charge in [-0.15, -0.1) is 0 Å². The van der Waals surface area contributed by atoms with E-state index in [1.54, 1.807) is 19.3 Å². The highest BCUT2D eigenvalue weighted by Gasteiger charge is 2.03. The molecule has 0 unspecified atom stereocenters. The fourth-order valence-electron chi connectivity index (χ4n) is 1.01. The maximum absolute atomic E-state index is 5.56. The molecule has 0 atom stereocenters. The van der Waals surface area contributed by atoms with Crippen LogP contribution in [-0.2, 0) is 0 Å². The van der Waals surface area contributed by atoms with E-state index in [1.807, 2.05) is 0 Å². The third-order valence-corrected chi connectivity index (χ3v) is 1.44. The van der Waals surface area contributed by atoms with Gasteiger partial charge in [-0.3, -0.25) is 0 Å². The summed E-state index contributed by atoms with van der Waals surface area (Å²) in [5, 5.41) is 0. The van der Waals surface area contributed by atoms with Gasteiger partial charge in [-0.1, -0.05) is 0 Å². The summed E-state index contributed by atoms with van der Waals surface area (Å²) in [4.78, 5) is 8.06. The number of aromatic nitrogens is 2. The fourth-order valence-corrected chi connectivity index (χ4v) is 1.01. The topological polar surface area (TPSA) is 64.9 Å². The molecule has 4 nitrogen and oxygen atoms in total. The average molecular weight is 149 g/mol. The molecule has 0 bridgehead atoms. The number of aryl methyl sites for hydroxylation is 1.